The summed E-state index contributed by atoms with van der Waals surface area (Å²) in [6.07, 6.45) is 0.690. The Morgan fingerprint density at radius 2 is 2.04 bits per heavy atom. The number of nitrogens with zero attached hydrogens (tertiary/aromatic N) is 2. The Balaban J connectivity index is 2.32. The van der Waals surface area contributed by atoms with Gasteiger partial charge >= 0.3 is 0 Å². The molecule has 2 atom stereocenters. The van der Waals surface area contributed by atoms with Crippen molar-refractivity contribution in [3.8, 4) is 6.07 Å². The van der Waals surface area contributed by atoms with Gasteiger partial charge in [0, 0.05) is 18.6 Å². The van der Waals surface area contributed by atoms with Gasteiger partial charge in [-0.05, 0) is 51.8 Å². The number of nitrogens with one attached hydrogen (secondary N) is 1. The highest BCUT2D eigenvalue weighted by Crippen LogP contribution is 2.35. The number of carbonyl (C=O) groups is 1. The molecule has 0 bridgehead atoms. The molecule has 4 nitrogen and oxygen atoms in total. The van der Waals surface area contributed by atoms with Crippen LogP contribution < -0.4 is 5.32 Å². The van der Waals surface area contributed by atoms with Gasteiger partial charge in [0.05, 0.1) is 12.1 Å². The molecule has 0 saturated carbocycles. The third-order valence-corrected chi connectivity index (χ3v) is 4.55. The largest absolute Gasteiger partial charge is 0.350 e. The number of rotatable bonds is 4. The van der Waals surface area contributed by atoms with E-state index in [1.165, 1.54) is 6.07 Å². The molecule has 6 heteroatoms. The van der Waals surface area contributed by atoms with E-state index in [9.17, 15) is 13.6 Å². The molecule has 1 heterocycles. The summed E-state index contributed by atoms with van der Waals surface area (Å²) in [7, 11) is 0. The number of likely N-dealkylation sites (tertiary alicyclic amines) is 1. The topological polar surface area (TPSA) is 56.1 Å². The second-order valence-electron chi connectivity index (χ2n) is 7.06. The van der Waals surface area contributed by atoms with Gasteiger partial charge in [-0.3, -0.25) is 9.69 Å². The summed E-state index contributed by atoms with van der Waals surface area (Å²) in [4.78, 5) is 14.5. The van der Waals surface area contributed by atoms with E-state index in [2.05, 4.69) is 10.2 Å². The third-order valence-electron chi connectivity index (χ3n) is 4.55. The Morgan fingerprint density at radius 1 is 1.38 bits per heavy atom. The van der Waals surface area contributed by atoms with Crippen molar-refractivity contribution < 1.29 is 13.6 Å². The highest BCUT2D eigenvalue weighted by Gasteiger charge is 2.40. The highest BCUT2D eigenvalue weighted by molar-refractivity contribution is 5.84. The van der Waals surface area contributed by atoms with Crippen molar-refractivity contribution in [2.45, 2.75) is 52.2 Å². The Bertz CT molecular complexity index is 667. The smallest absolute Gasteiger partial charge is 0.240 e. The first-order valence-electron chi connectivity index (χ1n) is 8.10. The number of hydrogen-bond donors (Lipinski definition) is 1. The third kappa shape index (κ3) is 3.57. The van der Waals surface area contributed by atoms with Crippen LogP contribution in [-0.4, -0.2) is 29.4 Å². The SMILES string of the molecule is CC(C)N1CC[C@H](NC(=O)C(C)(C)C#N)[C@@H]1c1ccc(F)c(F)c1. The lowest BCUT2D eigenvalue weighted by atomic mass is 9.92. The van der Waals surface area contributed by atoms with Crippen LogP contribution in [0.15, 0.2) is 18.2 Å². The number of halogens is 2. The van der Waals surface area contributed by atoms with Gasteiger partial charge in [0.25, 0.3) is 0 Å². The maximum absolute atomic E-state index is 13.7. The molecule has 0 radical (unpaired) electrons. The standard InChI is InChI=1S/C18H23F2N3O/c1-11(2)23-8-7-15(22-17(24)18(3,4)10-21)16(23)12-5-6-13(19)14(20)9-12/h5-6,9,11,15-16H,7-8H2,1-4H3,(H,22,24)/t15-,16-/m0/s1. The van der Waals surface area contributed by atoms with E-state index < -0.39 is 17.0 Å². The molecule has 1 N–H and O–H groups in total. The fourth-order valence-corrected chi connectivity index (χ4v) is 3.07. The van der Waals surface area contributed by atoms with Gasteiger partial charge in [0.2, 0.25) is 5.91 Å². The lowest BCUT2D eigenvalue weighted by molar-refractivity contribution is -0.127. The quantitative estimate of drug-likeness (QED) is 0.919. The van der Waals surface area contributed by atoms with E-state index in [4.69, 9.17) is 5.26 Å². The van der Waals surface area contributed by atoms with Crippen molar-refractivity contribution >= 4 is 5.91 Å². The molecule has 1 fully saturated rings. The molecule has 1 amide bonds. The Hall–Kier alpha value is -2.00. The molecular weight excluding hydrogens is 312 g/mol. The predicted octanol–water partition coefficient (Wildman–Crippen LogP) is 3.15. The molecule has 24 heavy (non-hydrogen) atoms. The first-order valence-corrected chi connectivity index (χ1v) is 8.10. The maximum Gasteiger partial charge on any atom is 0.240 e. The van der Waals surface area contributed by atoms with Crippen molar-refractivity contribution in [2.24, 2.45) is 5.41 Å². The zero-order chi connectivity index (χ0) is 18.1. The second kappa shape index (κ2) is 6.86. The fourth-order valence-electron chi connectivity index (χ4n) is 3.07. The fraction of sp³-hybridized carbons (Fsp3) is 0.556. The van der Waals surface area contributed by atoms with Crippen molar-refractivity contribution in [3.05, 3.63) is 35.4 Å². The number of carbonyl (C=O) groups excluding carboxylic acids is 1. The summed E-state index contributed by atoms with van der Waals surface area (Å²) in [5, 5.41) is 12.0. The summed E-state index contributed by atoms with van der Waals surface area (Å²) >= 11 is 0. The predicted molar refractivity (Wildman–Crippen MR) is 86.9 cm³/mol. The van der Waals surface area contributed by atoms with E-state index in [0.29, 0.717) is 12.0 Å². The lowest BCUT2D eigenvalue weighted by Crippen LogP contribution is -2.45. The zero-order valence-corrected chi connectivity index (χ0v) is 14.4. The first-order chi connectivity index (χ1) is 11.2. The summed E-state index contributed by atoms with van der Waals surface area (Å²) in [6.45, 7) is 7.90. The summed E-state index contributed by atoms with van der Waals surface area (Å²) in [6, 6.07) is 5.52. The van der Waals surface area contributed by atoms with Gasteiger partial charge in [0.1, 0.15) is 5.41 Å². The van der Waals surface area contributed by atoms with Gasteiger partial charge in [-0.2, -0.15) is 5.26 Å². The molecule has 1 aromatic carbocycles. The van der Waals surface area contributed by atoms with E-state index in [1.54, 1.807) is 19.9 Å². The van der Waals surface area contributed by atoms with Crippen molar-refractivity contribution in [1.82, 2.24) is 10.2 Å². The molecule has 1 aromatic rings. The second-order valence-corrected chi connectivity index (χ2v) is 7.06. The molecule has 0 unspecified atom stereocenters. The summed E-state index contributed by atoms with van der Waals surface area (Å²) in [5.74, 6) is -2.14. The van der Waals surface area contributed by atoms with E-state index in [-0.39, 0.29) is 24.0 Å². The molecule has 0 aliphatic carbocycles. The van der Waals surface area contributed by atoms with Crippen LogP contribution in [0.25, 0.3) is 0 Å². The number of amides is 1. The highest BCUT2D eigenvalue weighted by atomic mass is 19.2. The number of nitriles is 1. The van der Waals surface area contributed by atoms with Crippen molar-refractivity contribution in [2.75, 3.05) is 6.54 Å². The van der Waals surface area contributed by atoms with Crippen LogP contribution in [0.2, 0.25) is 0 Å². The van der Waals surface area contributed by atoms with E-state index >= 15 is 0 Å². The van der Waals surface area contributed by atoms with Crippen molar-refractivity contribution in [1.29, 1.82) is 5.26 Å². The van der Waals surface area contributed by atoms with Crippen LogP contribution >= 0.6 is 0 Å². The molecule has 0 aromatic heterocycles. The molecule has 1 aliphatic heterocycles. The van der Waals surface area contributed by atoms with Crippen LogP contribution in [0.3, 0.4) is 0 Å². The molecule has 2 rings (SSSR count). The Kier molecular flexibility index (Phi) is 5.24. The van der Waals surface area contributed by atoms with Gasteiger partial charge in [-0.1, -0.05) is 6.07 Å². The normalized spacial score (nSPS) is 21.8. The van der Waals surface area contributed by atoms with Crippen LogP contribution in [-0.2, 0) is 4.79 Å². The minimum Gasteiger partial charge on any atom is -0.350 e. The number of hydrogen-bond acceptors (Lipinski definition) is 3. The Morgan fingerprint density at radius 3 is 2.58 bits per heavy atom. The first kappa shape index (κ1) is 18.3. The van der Waals surface area contributed by atoms with Gasteiger partial charge < -0.3 is 5.32 Å². The van der Waals surface area contributed by atoms with Crippen LogP contribution in [0, 0.1) is 28.4 Å². The van der Waals surface area contributed by atoms with Crippen LogP contribution in [0.4, 0.5) is 8.78 Å². The maximum atomic E-state index is 13.7. The monoisotopic (exact) mass is 335 g/mol. The molecular formula is C18H23F2N3O. The molecule has 1 saturated heterocycles. The zero-order valence-electron chi connectivity index (χ0n) is 14.4. The summed E-state index contributed by atoms with van der Waals surface area (Å²) in [5.41, 5.74) is -0.510. The van der Waals surface area contributed by atoms with E-state index in [1.807, 2.05) is 19.9 Å². The van der Waals surface area contributed by atoms with Gasteiger partial charge in [0.15, 0.2) is 11.6 Å². The number of benzene rings is 1. The summed E-state index contributed by atoms with van der Waals surface area (Å²) < 4.78 is 26.9. The minimum absolute atomic E-state index is 0.189. The lowest BCUT2D eigenvalue weighted by Gasteiger charge is -2.32. The molecule has 130 valence electrons. The van der Waals surface area contributed by atoms with Crippen molar-refractivity contribution in [3.63, 3.8) is 0 Å². The minimum atomic E-state index is -1.14. The average Bonchev–Trinajstić information content (AvgIpc) is 2.93. The van der Waals surface area contributed by atoms with Gasteiger partial charge in [-0.25, -0.2) is 8.78 Å². The molecule has 0 spiro atoms. The van der Waals surface area contributed by atoms with Crippen LogP contribution in [0.1, 0.15) is 45.7 Å². The van der Waals surface area contributed by atoms with Gasteiger partial charge in [-0.15, -0.1) is 0 Å². The Labute approximate surface area is 141 Å². The van der Waals surface area contributed by atoms with Crippen LogP contribution in [0.5, 0.6) is 0 Å². The average molecular weight is 335 g/mol. The molecule has 1 aliphatic rings. The van der Waals surface area contributed by atoms with E-state index in [0.717, 1.165) is 12.6 Å².